The Morgan fingerprint density at radius 3 is 2.88 bits per heavy atom. The van der Waals surface area contributed by atoms with E-state index in [1.165, 1.54) is 4.88 Å². The quantitative estimate of drug-likeness (QED) is 0.686. The second-order valence-corrected chi connectivity index (χ2v) is 7.62. The van der Waals surface area contributed by atoms with E-state index in [-0.39, 0.29) is 6.10 Å². The Morgan fingerprint density at radius 2 is 2.04 bits per heavy atom. The van der Waals surface area contributed by atoms with E-state index in [1.807, 2.05) is 24.3 Å². The highest BCUT2D eigenvalue weighted by Gasteiger charge is 2.22. The lowest BCUT2D eigenvalue weighted by Crippen LogP contribution is -2.39. The summed E-state index contributed by atoms with van der Waals surface area (Å²) in [6, 6.07) is 12.0. The molecule has 0 N–H and O–H groups in total. The van der Waals surface area contributed by atoms with Gasteiger partial charge in [0.2, 0.25) is 0 Å². The summed E-state index contributed by atoms with van der Waals surface area (Å²) in [4.78, 5) is 8.20. The number of aromatic nitrogens is 1. The second kappa shape index (κ2) is 6.93. The average Bonchev–Trinajstić information content (AvgIpc) is 3.26. The predicted molar refractivity (Wildman–Crippen MR) is 98.1 cm³/mol. The minimum atomic E-state index is 0.0419. The summed E-state index contributed by atoms with van der Waals surface area (Å²) < 4.78 is 11.8. The van der Waals surface area contributed by atoms with Crippen molar-refractivity contribution in [3.63, 3.8) is 0 Å². The molecule has 1 aromatic carbocycles. The highest BCUT2D eigenvalue weighted by Crippen LogP contribution is 2.31. The van der Waals surface area contributed by atoms with Crippen LogP contribution in [0.15, 0.2) is 47.2 Å². The fourth-order valence-corrected chi connectivity index (χ4v) is 4.36. The van der Waals surface area contributed by atoms with Crippen molar-refractivity contribution < 1.29 is 9.47 Å². The van der Waals surface area contributed by atoms with Gasteiger partial charge in [0.25, 0.3) is 0 Å². The molecule has 0 spiro atoms. The Labute approximate surface area is 149 Å². The zero-order valence-electron chi connectivity index (χ0n) is 13.3. The number of rotatable bonds is 5. The molecule has 6 heteroatoms. The van der Waals surface area contributed by atoms with Gasteiger partial charge in [0.15, 0.2) is 11.5 Å². The van der Waals surface area contributed by atoms with Gasteiger partial charge in [-0.25, -0.2) is 4.98 Å². The molecule has 4 nitrogen and oxygen atoms in total. The summed E-state index contributed by atoms with van der Waals surface area (Å²) in [5.74, 6) is 1.66. The first-order chi connectivity index (χ1) is 11.8. The number of thiophene rings is 1. The van der Waals surface area contributed by atoms with Gasteiger partial charge in [0.1, 0.15) is 17.7 Å². The van der Waals surface area contributed by atoms with Crippen LogP contribution in [-0.2, 0) is 6.54 Å². The van der Waals surface area contributed by atoms with E-state index in [2.05, 4.69) is 34.8 Å². The molecule has 24 heavy (non-hydrogen) atoms. The number of hydrogen-bond acceptors (Lipinski definition) is 6. The van der Waals surface area contributed by atoms with Gasteiger partial charge in [-0.2, -0.15) is 0 Å². The molecule has 0 fully saturated rings. The Balaban J connectivity index is 1.35. The van der Waals surface area contributed by atoms with Crippen LogP contribution < -0.4 is 9.47 Å². The van der Waals surface area contributed by atoms with Gasteiger partial charge < -0.3 is 9.47 Å². The average molecular weight is 358 g/mol. The minimum absolute atomic E-state index is 0.0419. The molecule has 1 aliphatic heterocycles. The number of likely N-dealkylation sites (N-methyl/N-ethyl adjacent to an activating group) is 1. The first kappa shape index (κ1) is 15.6. The van der Waals surface area contributed by atoms with Crippen molar-refractivity contribution in [3.05, 3.63) is 52.9 Å². The van der Waals surface area contributed by atoms with Crippen molar-refractivity contribution in [2.45, 2.75) is 12.6 Å². The summed E-state index contributed by atoms with van der Waals surface area (Å²) in [6.45, 7) is 2.20. The Hall–Kier alpha value is -1.89. The molecular weight excluding hydrogens is 340 g/mol. The van der Waals surface area contributed by atoms with E-state index in [0.29, 0.717) is 6.61 Å². The van der Waals surface area contributed by atoms with Crippen molar-refractivity contribution in [1.29, 1.82) is 0 Å². The fraction of sp³-hybridized carbons (Fsp3) is 0.278. The zero-order valence-corrected chi connectivity index (χ0v) is 15.0. The van der Waals surface area contributed by atoms with Gasteiger partial charge in [0.05, 0.1) is 10.6 Å². The molecule has 0 amide bonds. The van der Waals surface area contributed by atoms with Crippen LogP contribution in [0.4, 0.5) is 0 Å². The molecule has 3 heterocycles. The van der Waals surface area contributed by atoms with Crippen LogP contribution in [0.2, 0.25) is 0 Å². The van der Waals surface area contributed by atoms with Crippen LogP contribution in [-0.4, -0.2) is 36.2 Å². The maximum absolute atomic E-state index is 6.02. The number of benzene rings is 1. The molecule has 2 aromatic heterocycles. The van der Waals surface area contributed by atoms with E-state index >= 15 is 0 Å². The van der Waals surface area contributed by atoms with Gasteiger partial charge in [0, 0.05) is 18.5 Å². The molecule has 0 radical (unpaired) electrons. The van der Waals surface area contributed by atoms with Crippen LogP contribution in [0.1, 0.15) is 5.69 Å². The smallest absolute Gasteiger partial charge is 0.161 e. The number of thiazole rings is 1. The highest BCUT2D eigenvalue weighted by atomic mass is 32.1. The standard InChI is InChI=1S/C18H18N2O2S2/c1-20(9-13-12-24-18(19-13)17-7-4-8-23-17)10-14-11-21-15-5-2-3-6-16(15)22-14/h2-8,12,14H,9-11H2,1H3/t14-/m1/s1. The lowest BCUT2D eigenvalue weighted by Gasteiger charge is -2.29. The first-order valence-corrected chi connectivity index (χ1v) is 9.59. The van der Waals surface area contributed by atoms with Gasteiger partial charge in [-0.3, -0.25) is 4.90 Å². The highest BCUT2D eigenvalue weighted by molar-refractivity contribution is 7.20. The number of fused-ring (bicyclic) bond motifs is 1. The maximum Gasteiger partial charge on any atom is 0.161 e. The van der Waals surface area contributed by atoms with Gasteiger partial charge in [-0.05, 0) is 30.6 Å². The Kier molecular flexibility index (Phi) is 4.51. The van der Waals surface area contributed by atoms with Gasteiger partial charge in [-0.1, -0.05) is 18.2 Å². The first-order valence-electron chi connectivity index (χ1n) is 7.83. The normalized spacial score (nSPS) is 16.5. The third-order valence-electron chi connectivity index (χ3n) is 3.80. The summed E-state index contributed by atoms with van der Waals surface area (Å²) in [5, 5.41) is 5.32. The van der Waals surface area contributed by atoms with Crippen molar-refractivity contribution in [2.75, 3.05) is 20.2 Å². The molecule has 0 aliphatic carbocycles. The zero-order chi connectivity index (χ0) is 16.4. The minimum Gasteiger partial charge on any atom is -0.486 e. The fourth-order valence-electron chi connectivity index (χ4n) is 2.73. The van der Waals surface area contributed by atoms with Crippen molar-refractivity contribution in [3.8, 4) is 21.4 Å². The summed E-state index contributed by atoms with van der Waals surface area (Å²) in [5.41, 5.74) is 1.10. The molecule has 0 saturated carbocycles. The van der Waals surface area contributed by atoms with E-state index in [0.717, 1.165) is 35.3 Å². The third-order valence-corrected chi connectivity index (χ3v) is 5.73. The van der Waals surface area contributed by atoms with Crippen LogP contribution in [0.3, 0.4) is 0 Å². The van der Waals surface area contributed by atoms with Crippen molar-refractivity contribution in [2.24, 2.45) is 0 Å². The second-order valence-electron chi connectivity index (χ2n) is 5.82. The van der Waals surface area contributed by atoms with Crippen LogP contribution in [0, 0.1) is 0 Å². The van der Waals surface area contributed by atoms with E-state index in [9.17, 15) is 0 Å². The number of ether oxygens (including phenoxy) is 2. The van der Waals surface area contributed by atoms with E-state index in [1.54, 1.807) is 22.7 Å². The molecule has 0 saturated heterocycles. The summed E-state index contributed by atoms with van der Waals surface area (Å²) in [7, 11) is 2.09. The molecule has 1 atom stereocenters. The van der Waals surface area contributed by atoms with Crippen molar-refractivity contribution >= 4 is 22.7 Å². The monoisotopic (exact) mass is 358 g/mol. The van der Waals surface area contributed by atoms with Crippen LogP contribution in [0.5, 0.6) is 11.5 Å². The molecule has 0 unspecified atom stereocenters. The Morgan fingerprint density at radius 1 is 1.17 bits per heavy atom. The van der Waals surface area contributed by atoms with E-state index < -0.39 is 0 Å². The number of hydrogen-bond donors (Lipinski definition) is 0. The van der Waals surface area contributed by atoms with Crippen LogP contribution >= 0.6 is 22.7 Å². The molecule has 3 aromatic rings. The molecule has 1 aliphatic rings. The van der Waals surface area contributed by atoms with Gasteiger partial charge >= 0.3 is 0 Å². The van der Waals surface area contributed by atoms with E-state index in [4.69, 9.17) is 14.5 Å². The van der Waals surface area contributed by atoms with Crippen molar-refractivity contribution in [1.82, 2.24) is 9.88 Å². The molecule has 4 rings (SSSR count). The SMILES string of the molecule is CN(Cc1csc(-c2cccs2)n1)C[C@@H]1COc2ccccc2O1. The topological polar surface area (TPSA) is 34.6 Å². The maximum atomic E-state index is 6.02. The van der Waals surface area contributed by atoms with Gasteiger partial charge in [-0.15, -0.1) is 22.7 Å². The molecule has 0 bridgehead atoms. The predicted octanol–water partition coefficient (Wildman–Crippen LogP) is 4.14. The Bertz CT molecular complexity index is 801. The third kappa shape index (κ3) is 3.45. The number of para-hydroxylation sites is 2. The van der Waals surface area contributed by atoms with Crippen LogP contribution in [0.25, 0.3) is 9.88 Å². The summed E-state index contributed by atoms with van der Waals surface area (Å²) in [6.07, 6.45) is 0.0419. The molecule has 124 valence electrons. The lowest BCUT2D eigenvalue weighted by atomic mass is 10.2. The largest absolute Gasteiger partial charge is 0.486 e. The molecular formula is C18H18N2O2S2. The lowest BCUT2D eigenvalue weighted by molar-refractivity contribution is 0.0636. The number of nitrogens with zero attached hydrogens (tertiary/aromatic N) is 2. The summed E-state index contributed by atoms with van der Waals surface area (Å²) >= 11 is 3.43.